The monoisotopic (exact) mass is 1170 g/mol. The maximum Gasteiger partial charge on any atom is 0.326 e. The molecule has 0 spiro atoms. The molecule has 83 heavy (non-hydrogen) atoms. The molecule has 0 fully saturated rings. The Hall–Kier alpha value is -8.61. The number of aliphatic carboxylic acids is 4. The Morgan fingerprint density at radius 1 is 0.458 bits per heavy atom. The largest absolute Gasteiger partial charge is 0.481 e. The molecule has 458 valence electrons. The molecule has 0 radical (unpaired) electrons. The summed E-state index contributed by atoms with van der Waals surface area (Å²) < 4.78 is 0. The first-order valence-electron chi connectivity index (χ1n) is 26.7. The van der Waals surface area contributed by atoms with Crippen molar-refractivity contribution in [1.82, 2.24) is 47.9 Å². The first-order valence-corrected chi connectivity index (χ1v) is 26.7. The molecule has 0 heterocycles. The van der Waals surface area contributed by atoms with Crippen molar-refractivity contribution >= 4 is 77.0 Å². The predicted octanol–water partition coefficient (Wildman–Crippen LogP) is -4.37. The molecular weight excluding hydrogens is 1090 g/mol. The van der Waals surface area contributed by atoms with Crippen molar-refractivity contribution in [2.45, 2.75) is 145 Å². The minimum absolute atomic E-state index is 0.0645. The van der Waals surface area contributed by atoms with Crippen molar-refractivity contribution in [3.63, 3.8) is 0 Å². The lowest BCUT2D eigenvalue weighted by atomic mass is 9.98. The highest BCUT2D eigenvalue weighted by Gasteiger charge is 2.35. The third kappa shape index (κ3) is 26.7. The quantitative estimate of drug-likeness (QED) is 0.0280. The number of carbonyl (C=O) groups is 13. The van der Waals surface area contributed by atoms with E-state index in [0.717, 1.165) is 0 Å². The maximum absolute atomic E-state index is 14.1. The summed E-state index contributed by atoms with van der Waals surface area (Å²) in [5.41, 5.74) is 12.2. The number of aliphatic hydroxyl groups is 2. The average Bonchev–Trinajstić information content (AvgIpc) is 3.47. The van der Waals surface area contributed by atoms with E-state index < -0.39 is 196 Å². The second-order valence-corrected chi connectivity index (χ2v) is 19.3. The highest BCUT2D eigenvalue weighted by Crippen LogP contribution is 2.12. The number of carbonyl (C=O) groups excluding carboxylic acids is 9. The smallest absolute Gasteiger partial charge is 0.326 e. The zero-order valence-electron chi connectivity index (χ0n) is 46.0. The molecule has 30 heteroatoms. The highest BCUT2D eigenvalue weighted by molar-refractivity contribution is 5.98. The maximum atomic E-state index is 14.1. The summed E-state index contributed by atoms with van der Waals surface area (Å²) in [4.78, 5) is 169. The molecule has 2 rings (SSSR count). The summed E-state index contributed by atoms with van der Waals surface area (Å²) >= 11 is 0. The van der Waals surface area contributed by atoms with E-state index in [-0.39, 0.29) is 32.2 Å². The Morgan fingerprint density at radius 2 is 0.831 bits per heavy atom. The van der Waals surface area contributed by atoms with Crippen LogP contribution in [0.4, 0.5) is 0 Å². The first kappa shape index (κ1) is 70.5. The fourth-order valence-corrected chi connectivity index (χ4v) is 7.88. The fourth-order valence-electron chi connectivity index (χ4n) is 7.88. The van der Waals surface area contributed by atoms with E-state index in [1.165, 1.54) is 0 Å². The van der Waals surface area contributed by atoms with Gasteiger partial charge in [-0.05, 0) is 62.1 Å². The highest BCUT2D eigenvalue weighted by atomic mass is 16.4. The van der Waals surface area contributed by atoms with Gasteiger partial charge < -0.3 is 90.0 Å². The van der Waals surface area contributed by atoms with Gasteiger partial charge in [0.15, 0.2) is 0 Å². The number of nitrogens with two attached hydrogens (primary N) is 2. The van der Waals surface area contributed by atoms with Crippen LogP contribution < -0.4 is 59.3 Å². The number of rotatable bonds is 40. The second kappa shape index (κ2) is 37.4. The lowest BCUT2D eigenvalue weighted by Crippen LogP contribution is -2.60. The summed E-state index contributed by atoms with van der Waals surface area (Å²) in [6.07, 6.45) is -3.16. The van der Waals surface area contributed by atoms with Crippen LogP contribution in [0, 0.1) is 5.92 Å². The summed E-state index contributed by atoms with van der Waals surface area (Å²) in [7, 11) is 0. The molecule has 2 aromatic rings. The van der Waals surface area contributed by atoms with E-state index in [0.29, 0.717) is 24.0 Å². The molecule has 0 aliphatic carbocycles. The molecule has 0 saturated heterocycles. The van der Waals surface area contributed by atoms with Crippen LogP contribution in [0.5, 0.6) is 0 Å². The number of carboxylic acid groups (broad SMARTS) is 4. The molecule has 0 aromatic heterocycles. The molecule has 0 saturated carbocycles. The number of unbranched alkanes of at least 4 members (excludes halogenated alkanes) is 1. The van der Waals surface area contributed by atoms with Gasteiger partial charge in [-0.25, -0.2) is 4.79 Å². The van der Waals surface area contributed by atoms with E-state index >= 15 is 0 Å². The summed E-state index contributed by atoms with van der Waals surface area (Å²) in [6, 6.07) is 1.94. The van der Waals surface area contributed by atoms with Crippen LogP contribution >= 0.6 is 0 Å². The molecule has 9 amide bonds. The third-order valence-electron chi connectivity index (χ3n) is 12.8. The second-order valence-electron chi connectivity index (χ2n) is 19.3. The summed E-state index contributed by atoms with van der Waals surface area (Å²) in [6.45, 7) is 0.581. The lowest BCUT2D eigenvalue weighted by Gasteiger charge is -2.27. The topological polar surface area (TPSA) is 504 Å². The first-order chi connectivity index (χ1) is 39.3. The third-order valence-corrected chi connectivity index (χ3v) is 12.8. The van der Waals surface area contributed by atoms with Gasteiger partial charge in [0, 0.05) is 32.1 Å². The predicted molar refractivity (Wildman–Crippen MR) is 291 cm³/mol. The molecule has 0 bridgehead atoms. The van der Waals surface area contributed by atoms with Crippen LogP contribution in [-0.4, -0.2) is 188 Å². The normalized spacial score (nSPS) is 14.5. The van der Waals surface area contributed by atoms with Crippen LogP contribution in [-0.2, 0) is 75.2 Å². The van der Waals surface area contributed by atoms with E-state index in [9.17, 15) is 93.0 Å². The van der Waals surface area contributed by atoms with Crippen LogP contribution in [0.2, 0.25) is 0 Å². The Bertz CT molecular complexity index is 2530. The van der Waals surface area contributed by atoms with Gasteiger partial charge in [-0.3, -0.25) is 57.5 Å². The summed E-state index contributed by atoms with van der Waals surface area (Å²) in [5, 5.41) is 78.7. The Morgan fingerprint density at radius 3 is 1.24 bits per heavy atom. The minimum atomic E-state index is -1.87. The number of amides is 9. The number of hydrogen-bond acceptors (Lipinski definition) is 17. The number of benzene rings is 2. The molecule has 0 aliphatic rings. The molecule has 30 nitrogen and oxygen atoms in total. The van der Waals surface area contributed by atoms with E-state index in [2.05, 4.69) is 47.9 Å². The van der Waals surface area contributed by atoms with Crippen LogP contribution in [0.25, 0.3) is 0 Å². The van der Waals surface area contributed by atoms with Gasteiger partial charge in [0.2, 0.25) is 53.2 Å². The average molecular weight is 1170 g/mol. The van der Waals surface area contributed by atoms with E-state index in [1.807, 2.05) is 0 Å². The van der Waals surface area contributed by atoms with Crippen LogP contribution in [0.3, 0.4) is 0 Å². The van der Waals surface area contributed by atoms with Gasteiger partial charge in [-0.1, -0.05) is 80.9 Å². The molecule has 10 atom stereocenters. The van der Waals surface area contributed by atoms with Gasteiger partial charge >= 0.3 is 23.9 Å². The zero-order valence-corrected chi connectivity index (χ0v) is 46.0. The van der Waals surface area contributed by atoms with Gasteiger partial charge in [-0.15, -0.1) is 0 Å². The summed E-state index contributed by atoms with van der Waals surface area (Å²) in [5.74, 6) is -15.6. The standard InChI is InChI=1S/C53H77N11O19/c1-3-29(2)44(53(82)83)64-50(79)36(19-22-43(72)73)60-52(81)39(28-66)63-51(80)38(25-31-14-8-5-9-15-31)62-48(77)34(17-20-41(68)69)57-40(67)26-56-46(75)37(24-30-12-6-4-7-13-30)61-47(76)33(16-10-11-23-54)59-49(78)35(18-21-42(70)71)58-45(74)32(55)27-65/h4-9,12-15,29,32-39,44,65-66H,3,10-11,16-28,54-55H2,1-2H3,(H,56,75)(H,57,67)(H,58,74)(H,59,78)(H,60,81)(H,61,76)(H,62,77)(H,63,80)(H,64,79)(H,68,69)(H,70,71)(H,72,73)(H,82,83)/t29-,32-,33-,34-,35-,36-,37-,38-,39-,44-/m0/s1. The Kier molecular flexibility index (Phi) is 31.8. The van der Waals surface area contributed by atoms with Crippen LogP contribution in [0.1, 0.15) is 89.2 Å². The Balaban J connectivity index is 2.41. The van der Waals surface area contributed by atoms with Crippen molar-refractivity contribution < 1.29 is 93.0 Å². The zero-order chi connectivity index (χ0) is 62.2. The van der Waals surface area contributed by atoms with Crippen molar-refractivity contribution in [3.8, 4) is 0 Å². The van der Waals surface area contributed by atoms with Crippen molar-refractivity contribution in [2.24, 2.45) is 17.4 Å². The van der Waals surface area contributed by atoms with Crippen LogP contribution in [0.15, 0.2) is 60.7 Å². The molecule has 2 aromatic carbocycles. The number of hydrogen-bond donors (Lipinski definition) is 17. The number of carboxylic acids is 4. The molecular formula is C53H77N11O19. The Labute approximate surface area is 477 Å². The van der Waals surface area contributed by atoms with Crippen molar-refractivity contribution in [2.75, 3.05) is 26.3 Å². The van der Waals surface area contributed by atoms with Crippen molar-refractivity contribution in [1.29, 1.82) is 0 Å². The minimum Gasteiger partial charge on any atom is -0.481 e. The van der Waals surface area contributed by atoms with Gasteiger partial charge in [-0.2, -0.15) is 0 Å². The SMILES string of the molecule is CC[C@H](C)[C@H](NC(=O)[C@H](CCC(=O)O)NC(=O)[C@H](CO)NC(=O)[C@H](Cc1ccccc1)NC(=O)[C@H](CCC(=O)O)NC(=O)CNC(=O)[C@H](Cc1ccccc1)NC(=O)[C@H](CCCCN)NC(=O)[C@H](CCC(=O)O)NC(=O)[C@@H](N)CO)C(=O)O. The lowest BCUT2D eigenvalue weighted by molar-refractivity contribution is -0.144. The van der Waals surface area contributed by atoms with Gasteiger partial charge in [0.05, 0.1) is 19.8 Å². The molecule has 19 N–H and O–H groups in total. The number of aliphatic hydroxyl groups excluding tert-OH is 2. The van der Waals surface area contributed by atoms with Crippen molar-refractivity contribution in [3.05, 3.63) is 71.8 Å². The molecule has 0 aliphatic heterocycles. The fraction of sp³-hybridized carbons (Fsp3) is 0.528. The number of nitrogens with one attached hydrogen (secondary N) is 9. The van der Waals surface area contributed by atoms with E-state index in [1.54, 1.807) is 74.5 Å². The van der Waals surface area contributed by atoms with E-state index in [4.69, 9.17) is 11.5 Å². The van der Waals surface area contributed by atoms with Gasteiger partial charge in [0.1, 0.15) is 54.4 Å². The van der Waals surface area contributed by atoms with Gasteiger partial charge in [0.25, 0.3) is 0 Å². The molecule has 0 unspecified atom stereocenters.